The number of hydrogen-bond donors (Lipinski definition) is 0. The van der Waals surface area contributed by atoms with Gasteiger partial charge >= 0.3 is 0 Å². The average molecular weight is 290 g/mol. The first-order valence-corrected chi connectivity index (χ1v) is 6.23. The summed E-state index contributed by atoms with van der Waals surface area (Å²) in [4.78, 5) is 5.22. The van der Waals surface area contributed by atoms with Gasteiger partial charge in [-0.1, -0.05) is 17.7 Å². The van der Waals surface area contributed by atoms with E-state index in [1.54, 1.807) is 36.7 Å². The van der Waals surface area contributed by atoms with E-state index in [9.17, 15) is 4.39 Å². The molecule has 2 heterocycles. The number of aromatic nitrogens is 5. The second kappa shape index (κ2) is 5.34. The molecule has 0 amide bonds. The Morgan fingerprint density at radius 2 is 1.95 bits per heavy atom. The SMILES string of the molecule is Fc1cccc(Cl)c1Cn1nnc(-c2ccncc2)n1. The van der Waals surface area contributed by atoms with E-state index in [-0.39, 0.29) is 12.4 Å². The molecule has 0 saturated heterocycles. The van der Waals surface area contributed by atoms with Crippen molar-refractivity contribution < 1.29 is 4.39 Å². The van der Waals surface area contributed by atoms with Gasteiger partial charge in [-0.3, -0.25) is 4.98 Å². The second-order valence-corrected chi connectivity index (χ2v) is 4.49. The number of rotatable bonds is 3. The van der Waals surface area contributed by atoms with E-state index in [1.165, 1.54) is 10.9 Å². The van der Waals surface area contributed by atoms with Crippen LogP contribution < -0.4 is 0 Å². The van der Waals surface area contributed by atoms with Crippen LogP contribution in [0.25, 0.3) is 11.4 Å². The third-order valence-electron chi connectivity index (χ3n) is 2.75. The predicted molar refractivity (Wildman–Crippen MR) is 71.6 cm³/mol. The van der Waals surface area contributed by atoms with E-state index >= 15 is 0 Å². The zero-order valence-corrected chi connectivity index (χ0v) is 11.0. The van der Waals surface area contributed by atoms with Crippen molar-refractivity contribution >= 4 is 11.6 Å². The average Bonchev–Trinajstić information content (AvgIpc) is 2.93. The molecule has 0 radical (unpaired) electrons. The molecule has 0 bridgehead atoms. The van der Waals surface area contributed by atoms with Crippen LogP contribution >= 0.6 is 11.6 Å². The Balaban J connectivity index is 1.88. The maximum atomic E-state index is 13.7. The van der Waals surface area contributed by atoms with Crippen LogP contribution in [-0.4, -0.2) is 25.2 Å². The van der Waals surface area contributed by atoms with Crippen molar-refractivity contribution in [2.75, 3.05) is 0 Å². The minimum Gasteiger partial charge on any atom is -0.265 e. The molecule has 0 unspecified atom stereocenters. The third-order valence-corrected chi connectivity index (χ3v) is 3.11. The second-order valence-electron chi connectivity index (χ2n) is 4.08. The van der Waals surface area contributed by atoms with Crippen molar-refractivity contribution in [3.63, 3.8) is 0 Å². The Morgan fingerprint density at radius 3 is 2.70 bits per heavy atom. The molecule has 5 nitrogen and oxygen atoms in total. The molecule has 0 aliphatic rings. The van der Waals surface area contributed by atoms with Gasteiger partial charge in [-0.2, -0.15) is 4.80 Å². The molecule has 20 heavy (non-hydrogen) atoms. The molecule has 0 spiro atoms. The molecule has 0 fully saturated rings. The fraction of sp³-hybridized carbons (Fsp3) is 0.0769. The lowest BCUT2D eigenvalue weighted by Gasteiger charge is -2.03. The lowest BCUT2D eigenvalue weighted by molar-refractivity contribution is 0.539. The molecule has 3 rings (SSSR count). The Morgan fingerprint density at radius 1 is 1.15 bits per heavy atom. The van der Waals surface area contributed by atoms with E-state index in [0.29, 0.717) is 16.4 Å². The summed E-state index contributed by atoms with van der Waals surface area (Å²) in [7, 11) is 0. The molecule has 0 aliphatic carbocycles. The predicted octanol–water partition coefficient (Wildman–Crippen LogP) is 2.58. The zero-order chi connectivity index (χ0) is 13.9. The Hall–Kier alpha value is -2.34. The first-order valence-electron chi connectivity index (χ1n) is 5.85. The third kappa shape index (κ3) is 2.50. The van der Waals surface area contributed by atoms with E-state index in [1.807, 2.05) is 0 Å². The molecular formula is C13H9ClFN5. The molecular weight excluding hydrogens is 281 g/mol. The maximum Gasteiger partial charge on any atom is 0.205 e. The van der Waals surface area contributed by atoms with Crippen molar-refractivity contribution in [2.24, 2.45) is 0 Å². The molecule has 2 aromatic heterocycles. The largest absolute Gasteiger partial charge is 0.265 e. The molecule has 0 atom stereocenters. The molecule has 100 valence electrons. The summed E-state index contributed by atoms with van der Waals surface area (Å²) >= 11 is 5.97. The smallest absolute Gasteiger partial charge is 0.205 e. The summed E-state index contributed by atoms with van der Waals surface area (Å²) in [5, 5.41) is 12.4. The van der Waals surface area contributed by atoms with Crippen molar-refractivity contribution in [3.8, 4) is 11.4 Å². The van der Waals surface area contributed by atoms with E-state index < -0.39 is 0 Å². The lowest BCUT2D eigenvalue weighted by atomic mass is 10.2. The van der Waals surface area contributed by atoms with Crippen LogP contribution in [0.4, 0.5) is 4.39 Å². The standard InChI is InChI=1S/C13H9ClFN5/c14-11-2-1-3-12(15)10(11)8-20-18-13(17-19-20)9-4-6-16-7-5-9/h1-7H,8H2. The van der Waals surface area contributed by atoms with Crippen LogP contribution in [0.15, 0.2) is 42.7 Å². The van der Waals surface area contributed by atoms with Gasteiger partial charge in [0.25, 0.3) is 0 Å². The Labute approximate surface area is 119 Å². The van der Waals surface area contributed by atoms with Crippen molar-refractivity contribution in [1.82, 2.24) is 25.2 Å². The van der Waals surface area contributed by atoms with E-state index in [2.05, 4.69) is 20.4 Å². The summed E-state index contributed by atoms with van der Waals surface area (Å²) < 4.78 is 13.7. The van der Waals surface area contributed by atoms with Crippen LogP contribution in [0.3, 0.4) is 0 Å². The summed E-state index contributed by atoms with van der Waals surface area (Å²) in [6, 6.07) is 8.08. The van der Waals surface area contributed by atoms with Gasteiger partial charge in [-0.05, 0) is 29.5 Å². The molecule has 0 N–H and O–H groups in total. The Bertz CT molecular complexity index is 708. The van der Waals surface area contributed by atoms with Crippen molar-refractivity contribution in [2.45, 2.75) is 6.54 Å². The molecule has 0 saturated carbocycles. The highest BCUT2D eigenvalue weighted by molar-refractivity contribution is 6.31. The fourth-order valence-electron chi connectivity index (χ4n) is 1.75. The first kappa shape index (κ1) is 12.7. The van der Waals surface area contributed by atoms with Gasteiger partial charge in [0.05, 0.1) is 6.54 Å². The number of pyridine rings is 1. The molecule has 1 aromatic carbocycles. The highest BCUT2D eigenvalue weighted by Gasteiger charge is 2.11. The number of halogens is 2. The summed E-state index contributed by atoms with van der Waals surface area (Å²) in [6.07, 6.45) is 3.29. The van der Waals surface area contributed by atoms with Gasteiger partial charge < -0.3 is 0 Å². The molecule has 0 aliphatic heterocycles. The zero-order valence-electron chi connectivity index (χ0n) is 10.2. The maximum absolute atomic E-state index is 13.7. The lowest BCUT2D eigenvalue weighted by Crippen LogP contribution is -2.06. The quantitative estimate of drug-likeness (QED) is 0.743. The highest BCUT2D eigenvalue weighted by Crippen LogP contribution is 2.20. The minimum atomic E-state index is -0.389. The summed E-state index contributed by atoms with van der Waals surface area (Å²) in [5.74, 6) is 0.0696. The van der Waals surface area contributed by atoms with E-state index in [4.69, 9.17) is 11.6 Å². The van der Waals surface area contributed by atoms with Gasteiger partial charge in [-0.15, -0.1) is 10.2 Å². The Kier molecular flexibility index (Phi) is 3.39. The number of benzene rings is 1. The van der Waals surface area contributed by atoms with Crippen LogP contribution in [0, 0.1) is 5.82 Å². The molecule has 3 aromatic rings. The molecule has 7 heteroatoms. The highest BCUT2D eigenvalue weighted by atomic mass is 35.5. The summed E-state index contributed by atoms with van der Waals surface area (Å²) in [6.45, 7) is 0.129. The van der Waals surface area contributed by atoms with Gasteiger partial charge in [0.2, 0.25) is 5.82 Å². The van der Waals surface area contributed by atoms with Crippen molar-refractivity contribution in [1.29, 1.82) is 0 Å². The minimum absolute atomic E-state index is 0.129. The van der Waals surface area contributed by atoms with Crippen LogP contribution in [0.5, 0.6) is 0 Å². The van der Waals surface area contributed by atoms with Gasteiger partial charge in [0.1, 0.15) is 5.82 Å². The van der Waals surface area contributed by atoms with Gasteiger partial charge in [0, 0.05) is 28.5 Å². The van der Waals surface area contributed by atoms with Crippen molar-refractivity contribution in [3.05, 3.63) is 59.1 Å². The summed E-state index contributed by atoms with van der Waals surface area (Å²) in [5.41, 5.74) is 1.14. The number of hydrogen-bond acceptors (Lipinski definition) is 4. The number of tetrazole rings is 1. The first-order chi connectivity index (χ1) is 9.74. The fourth-order valence-corrected chi connectivity index (χ4v) is 1.97. The number of nitrogens with zero attached hydrogens (tertiary/aromatic N) is 5. The topological polar surface area (TPSA) is 56.5 Å². The van der Waals surface area contributed by atoms with Crippen LogP contribution in [-0.2, 0) is 6.54 Å². The van der Waals surface area contributed by atoms with Crippen LogP contribution in [0.2, 0.25) is 5.02 Å². The van der Waals surface area contributed by atoms with Gasteiger partial charge in [0.15, 0.2) is 0 Å². The normalized spacial score (nSPS) is 10.7. The van der Waals surface area contributed by atoms with Crippen LogP contribution in [0.1, 0.15) is 5.56 Å². The van der Waals surface area contributed by atoms with E-state index in [0.717, 1.165) is 5.56 Å². The van der Waals surface area contributed by atoms with Gasteiger partial charge in [-0.25, -0.2) is 4.39 Å². The monoisotopic (exact) mass is 289 g/mol.